The molecule has 0 spiro atoms. The molecule has 0 aromatic heterocycles. The maximum atomic E-state index is 12.2. The fourth-order valence-electron chi connectivity index (χ4n) is 2.80. The van der Waals surface area contributed by atoms with Crippen molar-refractivity contribution in [3.8, 4) is 0 Å². The third-order valence-electron chi connectivity index (χ3n) is 4.27. The molecule has 1 N–H and O–H groups in total. The van der Waals surface area contributed by atoms with Crippen molar-refractivity contribution in [2.75, 3.05) is 13.1 Å². The second kappa shape index (κ2) is 6.55. The highest BCUT2D eigenvalue weighted by Gasteiger charge is 2.29. The molecule has 0 radical (unpaired) electrons. The number of rotatable bonds is 5. The summed E-state index contributed by atoms with van der Waals surface area (Å²) >= 11 is 0. The molecule has 1 amide bonds. The third kappa shape index (κ3) is 4.27. The highest BCUT2D eigenvalue weighted by atomic mass is 16.2. The number of hydrogen-bond donors (Lipinski definition) is 1. The van der Waals surface area contributed by atoms with E-state index in [1.165, 1.54) is 25.7 Å². The Hall–Kier alpha value is -0.570. The van der Waals surface area contributed by atoms with E-state index >= 15 is 0 Å². The van der Waals surface area contributed by atoms with Crippen molar-refractivity contribution < 1.29 is 4.79 Å². The summed E-state index contributed by atoms with van der Waals surface area (Å²) in [6, 6.07) is 0.476. The average molecular weight is 254 g/mol. The number of likely N-dealkylation sites (N-methyl/N-ethyl adjacent to an activating group) is 1. The molecular weight excluding hydrogens is 224 g/mol. The van der Waals surface area contributed by atoms with Gasteiger partial charge in [-0.3, -0.25) is 4.79 Å². The van der Waals surface area contributed by atoms with Gasteiger partial charge in [-0.05, 0) is 51.9 Å². The van der Waals surface area contributed by atoms with Crippen molar-refractivity contribution in [1.29, 1.82) is 0 Å². The molecule has 1 atom stereocenters. The zero-order valence-corrected chi connectivity index (χ0v) is 12.8. The van der Waals surface area contributed by atoms with Crippen LogP contribution in [0.5, 0.6) is 0 Å². The van der Waals surface area contributed by atoms with Gasteiger partial charge in [0.2, 0.25) is 5.91 Å². The van der Waals surface area contributed by atoms with Crippen molar-refractivity contribution in [3.63, 3.8) is 0 Å². The zero-order chi connectivity index (χ0) is 13.8. The number of hydrogen-bond acceptors (Lipinski definition) is 2. The first-order chi connectivity index (χ1) is 8.39. The lowest BCUT2D eigenvalue weighted by Crippen LogP contribution is -2.49. The van der Waals surface area contributed by atoms with Crippen LogP contribution < -0.4 is 5.32 Å². The Morgan fingerprint density at radius 3 is 2.22 bits per heavy atom. The van der Waals surface area contributed by atoms with Crippen molar-refractivity contribution in [2.24, 2.45) is 5.41 Å². The lowest BCUT2D eigenvalue weighted by Gasteiger charge is -2.36. The Morgan fingerprint density at radius 1 is 1.28 bits per heavy atom. The van der Waals surface area contributed by atoms with Crippen LogP contribution in [0.25, 0.3) is 0 Å². The molecule has 0 heterocycles. The van der Waals surface area contributed by atoms with Gasteiger partial charge in [-0.15, -0.1) is 0 Å². The van der Waals surface area contributed by atoms with Crippen LogP contribution in [0.1, 0.15) is 60.3 Å². The quantitative estimate of drug-likeness (QED) is 0.818. The molecule has 1 fully saturated rings. The van der Waals surface area contributed by atoms with E-state index in [0.717, 1.165) is 13.1 Å². The van der Waals surface area contributed by atoms with Crippen LogP contribution in [-0.2, 0) is 4.79 Å². The third-order valence-corrected chi connectivity index (χ3v) is 4.27. The number of nitrogens with zero attached hydrogens (tertiary/aromatic N) is 1. The minimum Gasteiger partial charge on any atom is -0.342 e. The molecule has 1 unspecified atom stereocenters. The molecular formula is C15H30N2O. The van der Waals surface area contributed by atoms with Crippen molar-refractivity contribution >= 4 is 5.91 Å². The van der Waals surface area contributed by atoms with Crippen molar-refractivity contribution in [1.82, 2.24) is 10.2 Å². The molecule has 3 nitrogen and oxygen atoms in total. The second-order valence-electron chi connectivity index (χ2n) is 6.34. The van der Waals surface area contributed by atoms with E-state index in [2.05, 4.69) is 19.2 Å². The van der Waals surface area contributed by atoms with Gasteiger partial charge in [0.25, 0.3) is 0 Å². The van der Waals surface area contributed by atoms with Gasteiger partial charge in [0, 0.05) is 19.1 Å². The molecule has 1 aliphatic rings. The summed E-state index contributed by atoms with van der Waals surface area (Å²) in [6.45, 7) is 12.4. The molecule has 0 bridgehead atoms. The first-order valence-electron chi connectivity index (χ1n) is 7.44. The summed E-state index contributed by atoms with van der Waals surface area (Å²) in [5.74, 6) is 0.241. The molecule has 1 saturated carbocycles. The Morgan fingerprint density at radius 2 is 1.78 bits per heavy atom. The molecule has 0 aliphatic heterocycles. The molecule has 0 saturated heterocycles. The van der Waals surface area contributed by atoms with Crippen LogP contribution in [0.4, 0.5) is 0 Å². The highest BCUT2D eigenvalue weighted by Crippen LogP contribution is 2.35. The number of carbonyl (C=O) groups excluding carboxylic acids is 1. The first-order valence-corrected chi connectivity index (χ1v) is 7.44. The highest BCUT2D eigenvalue weighted by molar-refractivity contribution is 5.81. The SMILES string of the molecule is CCN(CC)C(=O)C(C)NC1CCC(C)(C)CC1. The van der Waals surface area contributed by atoms with Gasteiger partial charge in [-0.1, -0.05) is 13.8 Å². The van der Waals surface area contributed by atoms with E-state index < -0.39 is 0 Å². The fourth-order valence-corrected chi connectivity index (χ4v) is 2.80. The van der Waals surface area contributed by atoms with Crippen LogP contribution >= 0.6 is 0 Å². The molecule has 1 rings (SSSR count). The lowest BCUT2D eigenvalue weighted by molar-refractivity contribution is -0.132. The number of nitrogens with one attached hydrogen (secondary N) is 1. The van der Waals surface area contributed by atoms with E-state index in [-0.39, 0.29) is 11.9 Å². The van der Waals surface area contributed by atoms with E-state index in [1.54, 1.807) is 0 Å². The van der Waals surface area contributed by atoms with E-state index in [1.807, 2.05) is 25.7 Å². The summed E-state index contributed by atoms with van der Waals surface area (Å²) in [6.07, 6.45) is 4.92. The van der Waals surface area contributed by atoms with Gasteiger partial charge in [0.1, 0.15) is 0 Å². The number of amides is 1. The topological polar surface area (TPSA) is 32.3 Å². The van der Waals surface area contributed by atoms with Crippen molar-refractivity contribution in [3.05, 3.63) is 0 Å². The summed E-state index contributed by atoms with van der Waals surface area (Å²) in [5, 5.41) is 3.51. The Bertz CT molecular complexity index is 262. The van der Waals surface area contributed by atoms with Gasteiger partial charge in [-0.2, -0.15) is 0 Å². The minimum absolute atomic E-state index is 0.0453. The molecule has 1 aliphatic carbocycles. The second-order valence-corrected chi connectivity index (χ2v) is 6.34. The summed E-state index contributed by atoms with van der Waals surface area (Å²) in [7, 11) is 0. The van der Waals surface area contributed by atoms with Crippen molar-refractivity contribution in [2.45, 2.75) is 72.4 Å². The van der Waals surface area contributed by atoms with Gasteiger partial charge < -0.3 is 10.2 Å². The molecule has 18 heavy (non-hydrogen) atoms. The monoisotopic (exact) mass is 254 g/mol. The summed E-state index contributed by atoms with van der Waals surface area (Å²) in [5.41, 5.74) is 0.490. The van der Waals surface area contributed by atoms with Gasteiger partial charge >= 0.3 is 0 Å². The van der Waals surface area contributed by atoms with Crippen LogP contribution in [0.2, 0.25) is 0 Å². The maximum absolute atomic E-state index is 12.2. The summed E-state index contributed by atoms with van der Waals surface area (Å²) in [4.78, 5) is 14.1. The summed E-state index contributed by atoms with van der Waals surface area (Å²) < 4.78 is 0. The largest absolute Gasteiger partial charge is 0.342 e. The van der Waals surface area contributed by atoms with Crippen LogP contribution in [0, 0.1) is 5.41 Å². The normalized spacial score (nSPS) is 21.6. The maximum Gasteiger partial charge on any atom is 0.239 e. The Labute approximate surface area is 112 Å². The van der Waals surface area contributed by atoms with Crippen LogP contribution in [0.15, 0.2) is 0 Å². The van der Waals surface area contributed by atoms with Gasteiger partial charge in [0.05, 0.1) is 6.04 Å². The lowest BCUT2D eigenvalue weighted by atomic mass is 9.75. The molecule has 0 aromatic carbocycles. The first kappa shape index (κ1) is 15.5. The molecule has 3 heteroatoms. The van der Waals surface area contributed by atoms with Crippen LogP contribution in [0.3, 0.4) is 0 Å². The Kier molecular flexibility index (Phi) is 5.64. The van der Waals surface area contributed by atoms with Gasteiger partial charge in [-0.25, -0.2) is 0 Å². The van der Waals surface area contributed by atoms with E-state index in [4.69, 9.17) is 0 Å². The van der Waals surface area contributed by atoms with E-state index in [0.29, 0.717) is 11.5 Å². The Balaban J connectivity index is 2.41. The number of carbonyl (C=O) groups is 1. The fraction of sp³-hybridized carbons (Fsp3) is 0.933. The smallest absolute Gasteiger partial charge is 0.239 e. The predicted molar refractivity (Wildman–Crippen MR) is 76.6 cm³/mol. The molecule has 0 aromatic rings. The van der Waals surface area contributed by atoms with Crippen LogP contribution in [-0.4, -0.2) is 36.0 Å². The standard InChI is InChI=1S/C15H30N2O/c1-6-17(7-2)14(18)12(3)16-13-8-10-15(4,5)11-9-13/h12-13,16H,6-11H2,1-5H3. The minimum atomic E-state index is -0.0453. The molecule has 106 valence electrons. The van der Waals surface area contributed by atoms with Gasteiger partial charge in [0.15, 0.2) is 0 Å². The predicted octanol–water partition coefficient (Wildman–Crippen LogP) is 2.80. The van der Waals surface area contributed by atoms with E-state index in [9.17, 15) is 4.79 Å². The average Bonchev–Trinajstić information content (AvgIpc) is 2.33. The zero-order valence-electron chi connectivity index (χ0n) is 12.8.